The van der Waals surface area contributed by atoms with Crippen molar-refractivity contribution in [3.8, 4) is 5.75 Å². The lowest BCUT2D eigenvalue weighted by molar-refractivity contribution is -0.120. The zero-order chi connectivity index (χ0) is 13.7. The fourth-order valence-electron chi connectivity index (χ4n) is 1.63. The van der Waals surface area contributed by atoms with Gasteiger partial charge >= 0.3 is 0 Å². The largest absolute Gasteiger partial charge is 0.486 e. The number of hydrogen-bond donors (Lipinski definition) is 0. The Morgan fingerprint density at radius 2 is 1.84 bits per heavy atom. The molecule has 2 nitrogen and oxygen atoms in total. The highest BCUT2D eigenvalue weighted by Crippen LogP contribution is 2.18. The molecule has 0 amide bonds. The molecule has 0 aliphatic rings. The first-order chi connectivity index (χ1) is 9.16. The van der Waals surface area contributed by atoms with Crippen LogP contribution in [0.15, 0.2) is 48.5 Å². The van der Waals surface area contributed by atoms with Crippen molar-refractivity contribution in [1.29, 1.82) is 0 Å². The average Bonchev–Trinajstić information content (AvgIpc) is 2.43. The van der Waals surface area contributed by atoms with Crippen molar-refractivity contribution in [3.05, 3.63) is 64.9 Å². The molecule has 2 aromatic carbocycles. The van der Waals surface area contributed by atoms with Gasteiger partial charge in [0.25, 0.3) is 0 Å². The summed E-state index contributed by atoms with van der Waals surface area (Å²) >= 11 is 5.65. The third-order valence-electron chi connectivity index (χ3n) is 2.56. The molecule has 0 N–H and O–H groups in total. The Morgan fingerprint density at radius 1 is 1.11 bits per heavy atom. The summed E-state index contributed by atoms with van der Waals surface area (Å²) in [6.45, 7) is -0.0873. The Labute approximate surface area is 115 Å². The van der Waals surface area contributed by atoms with Crippen molar-refractivity contribution in [2.45, 2.75) is 6.42 Å². The minimum absolute atomic E-state index is 0.0225. The van der Waals surface area contributed by atoms with E-state index in [9.17, 15) is 9.18 Å². The highest BCUT2D eigenvalue weighted by Gasteiger charge is 2.11. The van der Waals surface area contributed by atoms with Gasteiger partial charge in [-0.15, -0.1) is 0 Å². The molecule has 0 saturated heterocycles. The van der Waals surface area contributed by atoms with Gasteiger partial charge in [-0.2, -0.15) is 0 Å². The lowest BCUT2D eigenvalue weighted by Crippen LogP contribution is -2.14. The van der Waals surface area contributed by atoms with Crippen molar-refractivity contribution in [2.75, 3.05) is 6.61 Å². The molecule has 0 atom stereocenters. The van der Waals surface area contributed by atoms with Crippen LogP contribution in [0.3, 0.4) is 0 Å². The number of carbonyl (C=O) groups is 1. The van der Waals surface area contributed by atoms with E-state index in [2.05, 4.69) is 0 Å². The summed E-state index contributed by atoms with van der Waals surface area (Å²) in [6, 6.07) is 13.6. The summed E-state index contributed by atoms with van der Waals surface area (Å²) < 4.78 is 18.9. The highest BCUT2D eigenvalue weighted by atomic mass is 35.5. The van der Waals surface area contributed by atoms with Gasteiger partial charge in [0, 0.05) is 6.42 Å². The van der Waals surface area contributed by atoms with E-state index in [4.69, 9.17) is 16.3 Å². The average molecular weight is 279 g/mol. The number of Topliss-reactive ketones (excluding diaryl/α,β-unsaturated/α-hetero) is 1. The molecule has 0 unspecified atom stereocenters. The van der Waals surface area contributed by atoms with Gasteiger partial charge < -0.3 is 4.74 Å². The van der Waals surface area contributed by atoms with Gasteiger partial charge in [0.2, 0.25) is 0 Å². The van der Waals surface area contributed by atoms with Crippen LogP contribution in [0.1, 0.15) is 5.56 Å². The van der Waals surface area contributed by atoms with E-state index >= 15 is 0 Å². The number of para-hydroxylation sites is 1. The monoisotopic (exact) mass is 278 g/mol. The zero-order valence-corrected chi connectivity index (χ0v) is 10.9. The summed E-state index contributed by atoms with van der Waals surface area (Å²) in [5.74, 6) is -0.135. The fourth-order valence-corrected chi connectivity index (χ4v) is 1.82. The quantitative estimate of drug-likeness (QED) is 0.834. The van der Waals surface area contributed by atoms with Crippen LogP contribution >= 0.6 is 11.6 Å². The third-order valence-corrected chi connectivity index (χ3v) is 2.85. The van der Waals surface area contributed by atoms with Gasteiger partial charge in [-0.05, 0) is 23.8 Å². The number of hydrogen-bond acceptors (Lipinski definition) is 2. The van der Waals surface area contributed by atoms with E-state index in [1.165, 1.54) is 6.07 Å². The van der Waals surface area contributed by atoms with Crippen molar-refractivity contribution in [1.82, 2.24) is 0 Å². The molecule has 19 heavy (non-hydrogen) atoms. The first-order valence-electron chi connectivity index (χ1n) is 5.79. The van der Waals surface area contributed by atoms with Crippen molar-refractivity contribution < 1.29 is 13.9 Å². The highest BCUT2D eigenvalue weighted by molar-refractivity contribution is 6.30. The molecule has 0 heterocycles. The van der Waals surface area contributed by atoms with E-state index in [1.54, 1.807) is 24.3 Å². The smallest absolute Gasteiger partial charge is 0.174 e. The molecule has 0 saturated carbocycles. The molecule has 0 bridgehead atoms. The number of ether oxygens (including phenoxy) is 1. The number of halogens is 2. The van der Waals surface area contributed by atoms with Gasteiger partial charge in [0.05, 0.1) is 5.02 Å². The first kappa shape index (κ1) is 13.6. The van der Waals surface area contributed by atoms with Crippen LogP contribution in [0.5, 0.6) is 5.75 Å². The second-order valence-corrected chi connectivity index (χ2v) is 4.44. The number of carbonyl (C=O) groups excluding carboxylic acids is 1. The van der Waals surface area contributed by atoms with Gasteiger partial charge in [0.1, 0.15) is 18.2 Å². The molecule has 0 aliphatic carbocycles. The van der Waals surface area contributed by atoms with Crippen LogP contribution in [-0.2, 0) is 11.2 Å². The van der Waals surface area contributed by atoms with Gasteiger partial charge in [-0.25, -0.2) is 4.39 Å². The Bertz CT molecular complexity index is 570. The summed E-state index contributed by atoms with van der Waals surface area (Å²) in [5, 5.41) is 0.0225. The molecule has 98 valence electrons. The standard InChI is InChI=1S/C15H12ClFO2/c16-14-8-4-5-11(15(14)17)9-12(18)10-19-13-6-2-1-3-7-13/h1-8H,9-10H2. The number of benzene rings is 2. The predicted molar refractivity (Wildman–Crippen MR) is 72.1 cm³/mol. The van der Waals surface area contributed by atoms with Gasteiger partial charge in [-0.3, -0.25) is 4.79 Å². The van der Waals surface area contributed by atoms with E-state index in [1.807, 2.05) is 18.2 Å². The van der Waals surface area contributed by atoms with Crippen LogP contribution in [0.4, 0.5) is 4.39 Å². The van der Waals surface area contributed by atoms with E-state index in [0.29, 0.717) is 5.75 Å². The molecule has 0 aromatic heterocycles. The molecule has 2 aromatic rings. The summed E-state index contributed by atoms with van der Waals surface area (Å²) in [7, 11) is 0. The second kappa shape index (κ2) is 6.34. The van der Waals surface area contributed by atoms with Crippen molar-refractivity contribution in [3.63, 3.8) is 0 Å². The van der Waals surface area contributed by atoms with Crippen LogP contribution in [0.25, 0.3) is 0 Å². The Balaban J connectivity index is 1.93. The molecular weight excluding hydrogens is 267 g/mol. The summed E-state index contributed by atoms with van der Waals surface area (Å²) in [6.07, 6.45) is -0.0285. The minimum atomic E-state index is -0.544. The van der Waals surface area contributed by atoms with E-state index < -0.39 is 5.82 Å². The number of rotatable bonds is 5. The molecule has 0 radical (unpaired) electrons. The lowest BCUT2D eigenvalue weighted by atomic mass is 10.1. The van der Waals surface area contributed by atoms with E-state index in [0.717, 1.165) is 0 Å². The molecule has 0 spiro atoms. The fraction of sp³-hybridized carbons (Fsp3) is 0.133. The molecule has 2 rings (SSSR count). The Morgan fingerprint density at radius 3 is 2.58 bits per heavy atom. The Kier molecular flexibility index (Phi) is 4.53. The lowest BCUT2D eigenvalue weighted by Gasteiger charge is -2.06. The third kappa shape index (κ3) is 3.80. The Hall–Kier alpha value is -1.87. The maximum absolute atomic E-state index is 13.6. The normalized spacial score (nSPS) is 10.2. The summed E-state index contributed by atoms with van der Waals surface area (Å²) in [5.41, 5.74) is 0.286. The molecule has 0 fully saturated rings. The van der Waals surface area contributed by atoms with Crippen LogP contribution in [0, 0.1) is 5.82 Å². The first-order valence-corrected chi connectivity index (χ1v) is 6.17. The number of ketones is 1. The predicted octanol–water partition coefficient (Wildman–Crippen LogP) is 3.67. The second-order valence-electron chi connectivity index (χ2n) is 4.03. The molecule has 0 aliphatic heterocycles. The minimum Gasteiger partial charge on any atom is -0.486 e. The van der Waals surface area contributed by atoms with E-state index in [-0.39, 0.29) is 29.4 Å². The van der Waals surface area contributed by atoms with Gasteiger partial charge in [0.15, 0.2) is 5.78 Å². The van der Waals surface area contributed by atoms with Crippen LogP contribution in [0.2, 0.25) is 5.02 Å². The van der Waals surface area contributed by atoms with Crippen molar-refractivity contribution >= 4 is 17.4 Å². The molecular formula is C15H12ClFO2. The zero-order valence-electron chi connectivity index (χ0n) is 10.1. The maximum atomic E-state index is 13.6. The van der Waals surface area contributed by atoms with Gasteiger partial charge in [-0.1, -0.05) is 41.9 Å². The van der Waals surface area contributed by atoms with Crippen molar-refractivity contribution in [2.24, 2.45) is 0 Å². The topological polar surface area (TPSA) is 26.3 Å². The SMILES string of the molecule is O=C(COc1ccccc1)Cc1cccc(Cl)c1F. The van der Waals surface area contributed by atoms with Crippen LogP contribution < -0.4 is 4.74 Å². The molecule has 4 heteroatoms. The summed E-state index contributed by atoms with van der Waals surface area (Å²) in [4.78, 5) is 11.7. The van der Waals surface area contributed by atoms with Crippen LogP contribution in [-0.4, -0.2) is 12.4 Å². The maximum Gasteiger partial charge on any atom is 0.174 e.